The number of thiazole rings is 1. The van der Waals surface area contributed by atoms with Gasteiger partial charge in [-0.3, -0.25) is 14.2 Å². The van der Waals surface area contributed by atoms with Gasteiger partial charge in [0.05, 0.1) is 17.4 Å². The third-order valence-electron chi connectivity index (χ3n) is 4.89. The van der Waals surface area contributed by atoms with Crippen LogP contribution in [0.4, 0.5) is 5.13 Å². The smallest absolute Gasteiger partial charge is 0.262 e. The van der Waals surface area contributed by atoms with E-state index in [4.69, 9.17) is 0 Å². The fourth-order valence-corrected chi connectivity index (χ4v) is 4.88. The van der Waals surface area contributed by atoms with Gasteiger partial charge in [-0.15, -0.1) is 22.7 Å². The number of fused-ring (bicyclic) bond motifs is 1. The molecule has 29 heavy (non-hydrogen) atoms. The average Bonchev–Trinajstić information content (AvgIpc) is 3.24. The summed E-state index contributed by atoms with van der Waals surface area (Å²) >= 11 is 2.86. The van der Waals surface area contributed by atoms with Crippen molar-refractivity contribution in [3.8, 4) is 11.3 Å². The predicted molar refractivity (Wildman–Crippen MR) is 119 cm³/mol. The van der Waals surface area contributed by atoms with E-state index in [0.29, 0.717) is 15.3 Å². The van der Waals surface area contributed by atoms with Crippen LogP contribution >= 0.6 is 22.7 Å². The van der Waals surface area contributed by atoms with Gasteiger partial charge in [0, 0.05) is 15.8 Å². The van der Waals surface area contributed by atoms with Crippen molar-refractivity contribution >= 4 is 43.9 Å². The van der Waals surface area contributed by atoms with Crippen LogP contribution in [0.2, 0.25) is 0 Å². The van der Waals surface area contributed by atoms with Crippen molar-refractivity contribution in [2.75, 3.05) is 5.32 Å². The van der Waals surface area contributed by atoms with Gasteiger partial charge in [0.25, 0.3) is 5.56 Å². The number of carbonyl (C=O) groups is 1. The monoisotopic (exact) mass is 424 g/mol. The van der Waals surface area contributed by atoms with Crippen LogP contribution in [0.15, 0.2) is 34.7 Å². The average molecular weight is 425 g/mol. The van der Waals surface area contributed by atoms with Crippen molar-refractivity contribution in [1.82, 2.24) is 14.5 Å². The molecule has 1 N–H and O–H groups in total. The van der Waals surface area contributed by atoms with Gasteiger partial charge in [0.15, 0.2) is 5.13 Å². The second-order valence-electron chi connectivity index (χ2n) is 7.05. The molecule has 0 saturated heterocycles. The summed E-state index contributed by atoms with van der Waals surface area (Å²) in [6, 6.07) is 6.21. The van der Waals surface area contributed by atoms with Crippen LogP contribution in [0.3, 0.4) is 0 Å². The first-order valence-corrected chi connectivity index (χ1v) is 10.8. The first-order valence-electron chi connectivity index (χ1n) is 9.11. The van der Waals surface area contributed by atoms with Gasteiger partial charge in [-0.1, -0.05) is 17.7 Å². The minimum Gasteiger partial charge on any atom is -0.300 e. The highest BCUT2D eigenvalue weighted by Gasteiger charge is 2.15. The summed E-state index contributed by atoms with van der Waals surface area (Å²) < 4.78 is 1.34. The van der Waals surface area contributed by atoms with Gasteiger partial charge in [0.2, 0.25) is 5.91 Å². The molecule has 6 nitrogen and oxygen atoms in total. The third-order valence-corrected chi connectivity index (χ3v) is 6.76. The Balaban J connectivity index is 1.54. The van der Waals surface area contributed by atoms with Crippen LogP contribution in [-0.2, 0) is 11.3 Å². The molecule has 1 aromatic carbocycles. The molecule has 0 atom stereocenters. The highest BCUT2D eigenvalue weighted by molar-refractivity contribution is 7.18. The van der Waals surface area contributed by atoms with Crippen LogP contribution in [-0.4, -0.2) is 20.4 Å². The van der Waals surface area contributed by atoms with Crippen LogP contribution in [0.25, 0.3) is 21.5 Å². The number of hydrogen-bond donors (Lipinski definition) is 1. The number of hydrogen-bond acceptors (Lipinski definition) is 6. The van der Waals surface area contributed by atoms with Crippen molar-refractivity contribution in [3.63, 3.8) is 0 Å². The maximum Gasteiger partial charge on any atom is 0.262 e. The molecule has 0 aliphatic rings. The maximum atomic E-state index is 12.7. The van der Waals surface area contributed by atoms with E-state index in [1.807, 2.05) is 33.1 Å². The fraction of sp³-hybridized carbons (Fsp3) is 0.238. The van der Waals surface area contributed by atoms with E-state index in [9.17, 15) is 9.59 Å². The zero-order valence-corrected chi connectivity index (χ0v) is 18.2. The Labute approximate surface area is 175 Å². The molecule has 3 heterocycles. The number of rotatable bonds is 4. The first kappa shape index (κ1) is 19.5. The van der Waals surface area contributed by atoms with Crippen molar-refractivity contribution in [3.05, 3.63) is 61.8 Å². The second-order valence-corrected chi connectivity index (χ2v) is 9.11. The van der Waals surface area contributed by atoms with Crippen molar-refractivity contribution in [2.24, 2.45) is 0 Å². The van der Waals surface area contributed by atoms with E-state index in [2.05, 4.69) is 33.5 Å². The SMILES string of the molecule is Cc1ccc(C)c(-c2csc(NC(=O)Cn3cnc4sc(C)c(C)c4c3=O)n2)c1. The van der Waals surface area contributed by atoms with Crippen LogP contribution in [0.5, 0.6) is 0 Å². The fourth-order valence-electron chi connectivity index (χ4n) is 3.16. The van der Waals surface area contributed by atoms with E-state index < -0.39 is 0 Å². The molecule has 4 rings (SSSR count). The summed E-state index contributed by atoms with van der Waals surface area (Å²) in [6.07, 6.45) is 1.43. The Bertz CT molecular complexity index is 1300. The van der Waals surface area contributed by atoms with Gasteiger partial charge in [-0.05, 0) is 44.9 Å². The van der Waals surface area contributed by atoms with Crippen molar-refractivity contribution in [1.29, 1.82) is 0 Å². The lowest BCUT2D eigenvalue weighted by Gasteiger charge is -2.06. The molecular formula is C21H20N4O2S2. The van der Waals surface area contributed by atoms with Crippen molar-refractivity contribution < 1.29 is 4.79 Å². The minimum atomic E-state index is -0.306. The number of aryl methyl sites for hydroxylation is 4. The lowest BCUT2D eigenvalue weighted by Crippen LogP contribution is -2.27. The van der Waals surface area contributed by atoms with Gasteiger partial charge >= 0.3 is 0 Å². The van der Waals surface area contributed by atoms with Gasteiger partial charge in [-0.25, -0.2) is 9.97 Å². The molecule has 0 radical (unpaired) electrons. The molecule has 0 bridgehead atoms. The Morgan fingerprint density at radius 2 is 2.00 bits per heavy atom. The summed E-state index contributed by atoms with van der Waals surface area (Å²) in [4.78, 5) is 35.9. The Kier molecular flexibility index (Phi) is 5.06. The summed E-state index contributed by atoms with van der Waals surface area (Å²) in [5, 5.41) is 5.82. The molecule has 0 aliphatic heterocycles. The van der Waals surface area contributed by atoms with Gasteiger partial charge < -0.3 is 5.32 Å². The first-order chi connectivity index (χ1) is 13.8. The minimum absolute atomic E-state index is 0.103. The van der Waals surface area contributed by atoms with E-state index >= 15 is 0 Å². The molecule has 3 aromatic heterocycles. The number of amides is 1. The number of carbonyl (C=O) groups excluding carboxylic acids is 1. The van der Waals surface area contributed by atoms with Crippen LogP contribution in [0, 0.1) is 27.7 Å². The van der Waals surface area contributed by atoms with E-state index in [1.165, 1.54) is 33.6 Å². The molecule has 0 fully saturated rings. The maximum absolute atomic E-state index is 12.7. The normalized spacial score (nSPS) is 11.2. The highest BCUT2D eigenvalue weighted by Crippen LogP contribution is 2.28. The molecule has 4 aromatic rings. The topological polar surface area (TPSA) is 76.9 Å². The number of thiophene rings is 1. The van der Waals surface area contributed by atoms with Crippen LogP contribution in [0.1, 0.15) is 21.6 Å². The lowest BCUT2D eigenvalue weighted by atomic mass is 10.0. The Morgan fingerprint density at radius 3 is 2.79 bits per heavy atom. The molecule has 1 amide bonds. The lowest BCUT2D eigenvalue weighted by molar-refractivity contribution is -0.116. The molecule has 148 valence electrons. The summed E-state index contributed by atoms with van der Waals surface area (Å²) in [5.74, 6) is -0.306. The quantitative estimate of drug-likeness (QED) is 0.525. The number of anilines is 1. The standard InChI is InChI=1S/C21H20N4O2S2/c1-11-5-6-12(2)15(7-11)16-9-28-21(23-16)24-17(26)8-25-10-22-19-18(20(25)27)13(3)14(4)29-19/h5-7,9-10H,8H2,1-4H3,(H,23,24,26). The number of benzene rings is 1. The number of nitrogens with zero attached hydrogens (tertiary/aromatic N) is 3. The number of aromatic nitrogens is 3. The molecule has 0 unspecified atom stereocenters. The summed E-state index contributed by atoms with van der Waals surface area (Å²) in [7, 11) is 0. The Hall–Kier alpha value is -2.84. The van der Waals surface area contributed by atoms with Gasteiger partial charge in [-0.2, -0.15) is 0 Å². The molecule has 0 aliphatic carbocycles. The van der Waals surface area contributed by atoms with Gasteiger partial charge in [0.1, 0.15) is 11.4 Å². The zero-order valence-electron chi connectivity index (χ0n) is 16.6. The van der Waals surface area contributed by atoms with Crippen LogP contribution < -0.4 is 10.9 Å². The van der Waals surface area contributed by atoms with E-state index in [1.54, 1.807) is 0 Å². The largest absolute Gasteiger partial charge is 0.300 e. The summed E-state index contributed by atoms with van der Waals surface area (Å²) in [5.41, 5.74) is 4.90. The number of nitrogens with one attached hydrogen (secondary N) is 1. The molecular weight excluding hydrogens is 404 g/mol. The highest BCUT2D eigenvalue weighted by atomic mass is 32.1. The second kappa shape index (κ2) is 7.53. The Morgan fingerprint density at radius 1 is 1.21 bits per heavy atom. The molecule has 0 spiro atoms. The van der Waals surface area contributed by atoms with E-state index in [0.717, 1.165) is 32.8 Å². The predicted octanol–water partition coefficient (Wildman–Crippen LogP) is 4.45. The molecule has 8 heteroatoms. The van der Waals surface area contributed by atoms with E-state index in [-0.39, 0.29) is 18.0 Å². The third kappa shape index (κ3) is 3.73. The molecule has 0 saturated carbocycles. The van der Waals surface area contributed by atoms with Crippen molar-refractivity contribution in [2.45, 2.75) is 34.2 Å². The zero-order chi connectivity index (χ0) is 20.7. The summed E-state index contributed by atoms with van der Waals surface area (Å²) in [6.45, 7) is 7.85.